The Hall–Kier alpha value is -2.33. The zero-order valence-corrected chi connectivity index (χ0v) is 13.1. The number of carbonyl (C=O) groups excluding carboxylic acids is 1. The van der Waals surface area contributed by atoms with Crippen molar-refractivity contribution in [2.24, 2.45) is 0 Å². The molecule has 0 heterocycles. The second-order valence-corrected chi connectivity index (χ2v) is 5.22. The summed E-state index contributed by atoms with van der Waals surface area (Å²) in [5.74, 6) is -1.91. The fraction of sp³-hybridized carbons (Fsp3) is 0.214. The van der Waals surface area contributed by atoms with Crippen LogP contribution in [-0.4, -0.2) is 23.0 Å². The number of nitrogens with one attached hydrogen (secondary N) is 2. The second-order valence-electron chi connectivity index (χ2n) is 4.31. The molecule has 110 valence electrons. The van der Waals surface area contributed by atoms with Crippen molar-refractivity contribution in [1.82, 2.24) is 5.32 Å². The number of hydrogen-bond donors (Lipinski definition) is 3. The van der Waals surface area contributed by atoms with Crippen molar-refractivity contribution in [3.8, 4) is 6.07 Å². The lowest BCUT2D eigenvalue weighted by Crippen LogP contribution is -2.39. The van der Waals surface area contributed by atoms with Gasteiger partial charge in [0.05, 0.1) is 0 Å². The molecule has 1 rings (SSSR count). The minimum atomic E-state index is -1.17. The highest BCUT2D eigenvalue weighted by atomic mass is 79.9. The smallest absolute Gasteiger partial charge is 0.325 e. The maximum atomic E-state index is 11.7. The van der Waals surface area contributed by atoms with Crippen LogP contribution in [0.2, 0.25) is 0 Å². The van der Waals surface area contributed by atoms with E-state index in [9.17, 15) is 9.59 Å². The summed E-state index contributed by atoms with van der Waals surface area (Å²) in [5.41, 5.74) is 1.47. The van der Waals surface area contributed by atoms with E-state index in [0.29, 0.717) is 0 Å². The molecule has 1 aromatic carbocycles. The number of halogens is 1. The van der Waals surface area contributed by atoms with E-state index in [1.54, 1.807) is 12.1 Å². The molecule has 1 amide bonds. The van der Waals surface area contributed by atoms with E-state index in [1.807, 2.05) is 19.1 Å². The summed E-state index contributed by atoms with van der Waals surface area (Å²) in [6.45, 7) is 3.20. The van der Waals surface area contributed by atoms with Crippen LogP contribution in [0.3, 0.4) is 0 Å². The van der Waals surface area contributed by atoms with Crippen LogP contribution in [-0.2, 0) is 9.59 Å². The van der Waals surface area contributed by atoms with Crippen molar-refractivity contribution in [3.63, 3.8) is 0 Å². The summed E-state index contributed by atoms with van der Waals surface area (Å²) in [6, 6.07) is 6.16. The maximum Gasteiger partial charge on any atom is 0.325 e. The lowest BCUT2D eigenvalue weighted by Gasteiger charge is -2.09. The molecule has 1 aromatic rings. The number of aryl methyl sites for hydroxylation is 1. The molecular formula is C14H14BrN3O3. The molecule has 0 fully saturated rings. The molecule has 21 heavy (non-hydrogen) atoms. The number of carboxylic acids is 1. The van der Waals surface area contributed by atoms with E-state index in [1.165, 1.54) is 13.1 Å². The van der Waals surface area contributed by atoms with Crippen molar-refractivity contribution >= 4 is 33.5 Å². The van der Waals surface area contributed by atoms with Gasteiger partial charge >= 0.3 is 5.97 Å². The minimum Gasteiger partial charge on any atom is -0.480 e. The monoisotopic (exact) mass is 351 g/mol. The van der Waals surface area contributed by atoms with E-state index >= 15 is 0 Å². The Bertz CT molecular complexity index is 635. The van der Waals surface area contributed by atoms with E-state index in [4.69, 9.17) is 10.4 Å². The fourth-order valence-electron chi connectivity index (χ4n) is 1.42. The summed E-state index contributed by atoms with van der Waals surface area (Å²) in [6.07, 6.45) is 1.25. The van der Waals surface area contributed by atoms with Crippen LogP contribution in [0.5, 0.6) is 0 Å². The molecule has 0 radical (unpaired) electrons. The lowest BCUT2D eigenvalue weighted by molar-refractivity contribution is -0.140. The molecule has 0 aliphatic carbocycles. The van der Waals surface area contributed by atoms with Gasteiger partial charge in [0.25, 0.3) is 5.91 Å². The van der Waals surface area contributed by atoms with Gasteiger partial charge in [-0.1, -0.05) is 15.9 Å². The predicted molar refractivity (Wildman–Crippen MR) is 81.4 cm³/mol. The zero-order chi connectivity index (χ0) is 16.0. The van der Waals surface area contributed by atoms with Gasteiger partial charge in [0.1, 0.15) is 17.7 Å². The van der Waals surface area contributed by atoms with Gasteiger partial charge in [-0.2, -0.15) is 5.26 Å². The highest BCUT2D eigenvalue weighted by molar-refractivity contribution is 9.10. The van der Waals surface area contributed by atoms with Crippen LogP contribution in [0, 0.1) is 18.3 Å². The lowest BCUT2D eigenvalue weighted by atomic mass is 10.2. The van der Waals surface area contributed by atoms with Crippen LogP contribution < -0.4 is 10.6 Å². The Balaban J connectivity index is 2.83. The zero-order valence-electron chi connectivity index (χ0n) is 11.5. The van der Waals surface area contributed by atoms with Gasteiger partial charge in [0.15, 0.2) is 0 Å². The second kappa shape index (κ2) is 7.45. The van der Waals surface area contributed by atoms with Gasteiger partial charge in [-0.15, -0.1) is 0 Å². The minimum absolute atomic E-state index is 0.203. The summed E-state index contributed by atoms with van der Waals surface area (Å²) < 4.78 is 0.920. The highest BCUT2D eigenvalue weighted by Gasteiger charge is 2.16. The third-order valence-electron chi connectivity index (χ3n) is 2.64. The van der Waals surface area contributed by atoms with E-state index in [2.05, 4.69) is 26.6 Å². The number of carbonyl (C=O) groups is 2. The topological polar surface area (TPSA) is 102 Å². The number of hydrogen-bond acceptors (Lipinski definition) is 4. The van der Waals surface area contributed by atoms with Gasteiger partial charge in [-0.3, -0.25) is 9.59 Å². The Morgan fingerprint density at radius 2 is 2.14 bits per heavy atom. The molecule has 1 unspecified atom stereocenters. The number of nitriles is 1. The third kappa shape index (κ3) is 4.93. The van der Waals surface area contributed by atoms with Crippen molar-refractivity contribution in [2.75, 3.05) is 5.32 Å². The van der Waals surface area contributed by atoms with Crippen LogP contribution >= 0.6 is 15.9 Å². The normalized spacial score (nSPS) is 12.2. The van der Waals surface area contributed by atoms with Crippen LogP contribution in [0.15, 0.2) is 34.4 Å². The van der Waals surface area contributed by atoms with Crippen molar-refractivity contribution in [3.05, 3.63) is 40.0 Å². The third-order valence-corrected chi connectivity index (χ3v) is 3.14. The van der Waals surface area contributed by atoms with Crippen molar-refractivity contribution in [1.29, 1.82) is 5.26 Å². The Kier molecular flexibility index (Phi) is 5.93. The van der Waals surface area contributed by atoms with E-state index in [-0.39, 0.29) is 5.57 Å². The summed E-state index contributed by atoms with van der Waals surface area (Å²) in [4.78, 5) is 22.4. The molecule has 7 heteroatoms. The van der Waals surface area contributed by atoms with Gasteiger partial charge < -0.3 is 15.7 Å². The molecule has 6 nitrogen and oxygen atoms in total. The number of aliphatic carboxylic acids is 1. The largest absolute Gasteiger partial charge is 0.480 e. The molecule has 0 saturated carbocycles. The molecule has 0 aromatic heterocycles. The first-order valence-corrected chi connectivity index (χ1v) is 6.81. The molecular weight excluding hydrogens is 338 g/mol. The first-order chi connectivity index (χ1) is 9.85. The Morgan fingerprint density at radius 1 is 1.48 bits per heavy atom. The Morgan fingerprint density at radius 3 is 2.67 bits per heavy atom. The summed E-state index contributed by atoms with van der Waals surface area (Å²) >= 11 is 3.34. The SMILES string of the molecule is Cc1cc(Br)ccc1N/C=C(/C#N)C(=O)NC(C)C(=O)O. The van der Waals surface area contributed by atoms with E-state index in [0.717, 1.165) is 15.7 Å². The van der Waals surface area contributed by atoms with Crippen LogP contribution in [0.25, 0.3) is 0 Å². The van der Waals surface area contributed by atoms with Crippen molar-refractivity contribution < 1.29 is 14.7 Å². The predicted octanol–water partition coefficient (Wildman–Crippen LogP) is 2.17. The molecule has 0 aliphatic heterocycles. The van der Waals surface area contributed by atoms with Gasteiger partial charge in [0.2, 0.25) is 0 Å². The molecule has 0 bridgehead atoms. The van der Waals surface area contributed by atoms with Gasteiger partial charge in [-0.25, -0.2) is 0 Å². The molecule has 1 atom stereocenters. The number of rotatable bonds is 5. The highest BCUT2D eigenvalue weighted by Crippen LogP contribution is 2.20. The quantitative estimate of drug-likeness (QED) is 0.557. The average Bonchev–Trinajstić information content (AvgIpc) is 2.41. The molecule has 0 aliphatic rings. The first kappa shape index (κ1) is 16.7. The maximum absolute atomic E-state index is 11.7. The molecule has 0 spiro atoms. The average molecular weight is 352 g/mol. The number of benzene rings is 1. The number of anilines is 1. The van der Waals surface area contributed by atoms with E-state index < -0.39 is 17.9 Å². The first-order valence-electron chi connectivity index (χ1n) is 6.01. The van der Waals surface area contributed by atoms with Gasteiger partial charge in [0, 0.05) is 16.4 Å². The van der Waals surface area contributed by atoms with Crippen LogP contribution in [0.1, 0.15) is 12.5 Å². The van der Waals surface area contributed by atoms with Gasteiger partial charge in [-0.05, 0) is 37.6 Å². The summed E-state index contributed by atoms with van der Waals surface area (Å²) in [7, 11) is 0. The number of nitrogens with zero attached hydrogens (tertiary/aromatic N) is 1. The number of carboxylic acid groups (broad SMARTS) is 1. The molecule has 0 saturated heterocycles. The standard InChI is InChI=1S/C14H14BrN3O3/c1-8-5-11(15)3-4-12(8)17-7-10(6-16)13(19)18-9(2)14(20)21/h3-5,7,9,17H,1-2H3,(H,18,19)(H,20,21)/b10-7-. The fourth-order valence-corrected chi connectivity index (χ4v) is 1.90. The van der Waals surface area contributed by atoms with Crippen LogP contribution in [0.4, 0.5) is 5.69 Å². The number of amides is 1. The Labute approximate surface area is 130 Å². The molecule has 3 N–H and O–H groups in total. The summed E-state index contributed by atoms with van der Waals surface area (Å²) in [5, 5.41) is 22.8. The van der Waals surface area contributed by atoms with Crippen molar-refractivity contribution in [2.45, 2.75) is 19.9 Å².